The Morgan fingerprint density at radius 3 is 2.33 bits per heavy atom. The molecule has 0 saturated carbocycles. The van der Waals surface area contributed by atoms with Crippen molar-refractivity contribution in [3.8, 4) is 5.75 Å². The zero-order chi connectivity index (χ0) is 13.2. The molecule has 1 fully saturated rings. The molecule has 1 aliphatic rings. The van der Waals surface area contributed by atoms with Crippen LogP contribution in [0.5, 0.6) is 5.75 Å². The molecule has 1 aromatic rings. The van der Waals surface area contributed by atoms with Gasteiger partial charge in [0, 0.05) is 37.8 Å². The molecule has 3 heteroatoms. The predicted molar refractivity (Wildman–Crippen MR) is 74.7 cm³/mol. The van der Waals surface area contributed by atoms with Crippen LogP contribution in [0.25, 0.3) is 0 Å². The molecule has 1 aromatic carbocycles. The van der Waals surface area contributed by atoms with Gasteiger partial charge in [0.05, 0.1) is 0 Å². The van der Waals surface area contributed by atoms with E-state index in [4.69, 9.17) is 0 Å². The number of hydrogen-bond acceptors (Lipinski definition) is 3. The second-order valence-corrected chi connectivity index (χ2v) is 6.11. The first-order chi connectivity index (χ1) is 8.50. The van der Waals surface area contributed by atoms with Crippen molar-refractivity contribution in [2.24, 2.45) is 5.41 Å². The second-order valence-electron chi connectivity index (χ2n) is 6.11. The van der Waals surface area contributed by atoms with Gasteiger partial charge in [-0.2, -0.15) is 0 Å². The lowest BCUT2D eigenvalue weighted by Crippen LogP contribution is -2.48. The van der Waals surface area contributed by atoms with Crippen LogP contribution in [0.3, 0.4) is 0 Å². The summed E-state index contributed by atoms with van der Waals surface area (Å²) < 4.78 is 0. The molecule has 0 amide bonds. The van der Waals surface area contributed by atoms with E-state index < -0.39 is 0 Å². The van der Waals surface area contributed by atoms with Crippen molar-refractivity contribution in [3.05, 3.63) is 29.8 Å². The maximum atomic E-state index is 10.1. The van der Waals surface area contributed by atoms with Crippen LogP contribution in [-0.4, -0.2) is 36.2 Å². The van der Waals surface area contributed by atoms with Crippen LogP contribution >= 0.6 is 0 Å². The van der Waals surface area contributed by atoms with Gasteiger partial charge in [0.1, 0.15) is 5.75 Å². The molecule has 2 N–H and O–H groups in total. The first-order valence-electron chi connectivity index (χ1n) is 6.73. The van der Waals surface area contributed by atoms with E-state index in [0.717, 1.165) is 31.7 Å². The molecule has 0 aromatic heterocycles. The number of rotatable bonds is 2. The average Bonchev–Trinajstić information content (AvgIpc) is 2.32. The van der Waals surface area contributed by atoms with Crippen LogP contribution in [-0.2, 0) is 0 Å². The summed E-state index contributed by atoms with van der Waals surface area (Å²) >= 11 is 0. The molecule has 0 unspecified atom stereocenters. The minimum Gasteiger partial charge on any atom is -0.508 e. The van der Waals surface area contributed by atoms with Gasteiger partial charge < -0.3 is 10.4 Å². The van der Waals surface area contributed by atoms with E-state index in [2.05, 4.69) is 31.0 Å². The Morgan fingerprint density at radius 2 is 1.78 bits per heavy atom. The summed E-state index contributed by atoms with van der Waals surface area (Å²) in [5.74, 6) is 0.413. The maximum absolute atomic E-state index is 10.1. The van der Waals surface area contributed by atoms with Crippen molar-refractivity contribution in [2.45, 2.75) is 26.8 Å². The van der Waals surface area contributed by atoms with E-state index in [1.807, 2.05) is 18.2 Å². The molecule has 18 heavy (non-hydrogen) atoms. The van der Waals surface area contributed by atoms with Crippen LogP contribution in [0, 0.1) is 5.41 Å². The number of phenols is 1. The minimum absolute atomic E-state index is 0.107. The number of aromatic hydroxyl groups is 1. The number of piperazine rings is 1. The summed E-state index contributed by atoms with van der Waals surface area (Å²) in [6, 6.07) is 8.00. The number of para-hydroxylation sites is 1. The van der Waals surface area contributed by atoms with Crippen molar-refractivity contribution in [1.29, 1.82) is 0 Å². The monoisotopic (exact) mass is 248 g/mol. The van der Waals surface area contributed by atoms with Crippen LogP contribution in [0.2, 0.25) is 0 Å². The quantitative estimate of drug-likeness (QED) is 0.843. The summed E-state index contributed by atoms with van der Waals surface area (Å²) in [4.78, 5) is 2.48. The lowest BCUT2D eigenvalue weighted by Gasteiger charge is -2.42. The fraction of sp³-hybridized carbons (Fsp3) is 0.600. The first kappa shape index (κ1) is 13.4. The highest BCUT2D eigenvalue weighted by molar-refractivity contribution is 5.35. The van der Waals surface area contributed by atoms with E-state index >= 15 is 0 Å². The summed E-state index contributed by atoms with van der Waals surface area (Å²) in [6.07, 6.45) is 0. The van der Waals surface area contributed by atoms with E-state index in [9.17, 15) is 5.11 Å². The smallest absolute Gasteiger partial charge is 0.120 e. The molecular weight excluding hydrogens is 224 g/mol. The Kier molecular flexibility index (Phi) is 3.93. The molecule has 1 heterocycles. The molecule has 1 saturated heterocycles. The molecule has 0 radical (unpaired) electrons. The van der Waals surface area contributed by atoms with E-state index in [1.165, 1.54) is 0 Å². The third-order valence-corrected chi connectivity index (χ3v) is 3.57. The summed E-state index contributed by atoms with van der Waals surface area (Å²) in [7, 11) is 0. The first-order valence-corrected chi connectivity index (χ1v) is 6.73. The lowest BCUT2D eigenvalue weighted by molar-refractivity contribution is 0.0842. The molecule has 1 aliphatic heterocycles. The fourth-order valence-corrected chi connectivity index (χ4v) is 2.87. The number of nitrogens with one attached hydrogen (secondary N) is 1. The summed E-state index contributed by atoms with van der Waals surface area (Å²) in [6.45, 7) is 10.9. The summed E-state index contributed by atoms with van der Waals surface area (Å²) in [5.41, 5.74) is 1.16. The zero-order valence-corrected chi connectivity index (χ0v) is 11.6. The van der Waals surface area contributed by atoms with Gasteiger partial charge in [-0.05, 0) is 11.5 Å². The van der Waals surface area contributed by atoms with Crippen LogP contribution in [0.15, 0.2) is 24.3 Å². The SMILES string of the molecule is CC(C)(C)[C@H](c1ccccc1O)N1CCNCC1. The fourth-order valence-electron chi connectivity index (χ4n) is 2.87. The average molecular weight is 248 g/mol. The predicted octanol–water partition coefficient (Wildman–Crippen LogP) is 2.38. The van der Waals surface area contributed by atoms with Gasteiger partial charge in [0.2, 0.25) is 0 Å². The lowest BCUT2D eigenvalue weighted by atomic mass is 9.80. The van der Waals surface area contributed by atoms with Crippen LogP contribution < -0.4 is 5.32 Å². The molecule has 1 atom stereocenters. The van der Waals surface area contributed by atoms with E-state index in [0.29, 0.717) is 5.75 Å². The van der Waals surface area contributed by atoms with Crippen molar-refractivity contribution < 1.29 is 5.11 Å². The Balaban J connectivity index is 2.34. The Bertz CT molecular complexity index is 392. The maximum Gasteiger partial charge on any atom is 0.120 e. The highest BCUT2D eigenvalue weighted by Crippen LogP contribution is 2.41. The van der Waals surface area contributed by atoms with Crippen molar-refractivity contribution in [1.82, 2.24) is 10.2 Å². The molecule has 3 nitrogen and oxygen atoms in total. The molecule has 2 rings (SSSR count). The van der Waals surface area contributed by atoms with Gasteiger partial charge in [0.15, 0.2) is 0 Å². The van der Waals surface area contributed by atoms with Crippen LogP contribution in [0.4, 0.5) is 0 Å². The van der Waals surface area contributed by atoms with Crippen molar-refractivity contribution >= 4 is 0 Å². The molecule has 100 valence electrons. The normalized spacial score (nSPS) is 19.7. The largest absolute Gasteiger partial charge is 0.508 e. The number of phenolic OH excluding ortho intramolecular Hbond substituents is 1. The van der Waals surface area contributed by atoms with Gasteiger partial charge in [-0.25, -0.2) is 0 Å². The van der Waals surface area contributed by atoms with Crippen molar-refractivity contribution in [3.63, 3.8) is 0 Å². The number of hydrogen-bond donors (Lipinski definition) is 2. The second kappa shape index (κ2) is 5.29. The molecule has 0 bridgehead atoms. The van der Waals surface area contributed by atoms with Gasteiger partial charge in [0.25, 0.3) is 0 Å². The highest BCUT2D eigenvalue weighted by Gasteiger charge is 2.33. The Morgan fingerprint density at radius 1 is 1.17 bits per heavy atom. The molecule has 0 spiro atoms. The van der Waals surface area contributed by atoms with Crippen LogP contribution in [0.1, 0.15) is 32.4 Å². The standard InChI is InChI=1S/C15H24N2O/c1-15(2,3)14(17-10-8-16-9-11-17)12-6-4-5-7-13(12)18/h4-7,14,16,18H,8-11H2,1-3H3/t14-/m0/s1. The Hall–Kier alpha value is -1.06. The van der Waals surface area contributed by atoms with Gasteiger partial charge in [-0.15, -0.1) is 0 Å². The van der Waals surface area contributed by atoms with Gasteiger partial charge >= 0.3 is 0 Å². The van der Waals surface area contributed by atoms with E-state index in [1.54, 1.807) is 6.07 Å². The van der Waals surface area contributed by atoms with E-state index in [-0.39, 0.29) is 11.5 Å². The third kappa shape index (κ3) is 2.85. The molecule has 0 aliphatic carbocycles. The highest BCUT2D eigenvalue weighted by atomic mass is 16.3. The number of benzene rings is 1. The molecular formula is C15H24N2O. The summed E-state index contributed by atoms with van der Waals surface area (Å²) in [5, 5.41) is 13.5. The minimum atomic E-state index is 0.107. The third-order valence-electron chi connectivity index (χ3n) is 3.57. The van der Waals surface area contributed by atoms with Gasteiger partial charge in [-0.3, -0.25) is 4.90 Å². The van der Waals surface area contributed by atoms with Gasteiger partial charge in [-0.1, -0.05) is 39.0 Å². The Labute approximate surface area is 110 Å². The van der Waals surface area contributed by atoms with Crippen molar-refractivity contribution in [2.75, 3.05) is 26.2 Å². The number of nitrogens with zero attached hydrogens (tertiary/aromatic N) is 1. The zero-order valence-electron chi connectivity index (χ0n) is 11.6. The topological polar surface area (TPSA) is 35.5 Å².